The smallest absolute Gasteiger partial charge is 0.142 e. The van der Waals surface area contributed by atoms with Gasteiger partial charge in [0.25, 0.3) is 0 Å². The Hall–Kier alpha value is -1.09. The Labute approximate surface area is 110 Å². The van der Waals surface area contributed by atoms with E-state index in [1.165, 1.54) is 19.3 Å². The van der Waals surface area contributed by atoms with Crippen LogP contribution in [0.1, 0.15) is 44.0 Å². The summed E-state index contributed by atoms with van der Waals surface area (Å²) in [7, 11) is 0. The van der Waals surface area contributed by atoms with Crippen molar-refractivity contribution in [3.05, 3.63) is 23.5 Å². The van der Waals surface area contributed by atoms with Crippen molar-refractivity contribution in [3.8, 4) is 5.75 Å². The summed E-state index contributed by atoms with van der Waals surface area (Å²) in [6, 6.07) is 4.09. The summed E-state index contributed by atoms with van der Waals surface area (Å²) in [4.78, 5) is 4.58. The second kappa shape index (κ2) is 6.74. The highest BCUT2D eigenvalue weighted by molar-refractivity contribution is 5.29. The van der Waals surface area contributed by atoms with Crippen LogP contribution in [0.25, 0.3) is 0 Å². The SMILES string of the molecule is CCCNCc1nc(C)ccc1OCC1CCC1. The lowest BCUT2D eigenvalue weighted by atomic mass is 9.86. The van der Waals surface area contributed by atoms with E-state index >= 15 is 0 Å². The van der Waals surface area contributed by atoms with Gasteiger partial charge in [-0.3, -0.25) is 4.98 Å². The standard InChI is InChI=1S/C15H24N2O/c1-3-9-16-10-14-15(8-7-12(2)17-14)18-11-13-5-4-6-13/h7-8,13,16H,3-6,9-11H2,1-2H3. The summed E-state index contributed by atoms with van der Waals surface area (Å²) in [6.07, 6.45) is 5.15. The molecule has 1 N–H and O–H groups in total. The molecule has 100 valence electrons. The van der Waals surface area contributed by atoms with Crippen LogP contribution in [0.15, 0.2) is 12.1 Å². The third kappa shape index (κ3) is 3.70. The van der Waals surface area contributed by atoms with E-state index in [2.05, 4.69) is 23.3 Å². The molecule has 1 saturated carbocycles. The highest BCUT2D eigenvalue weighted by Crippen LogP contribution is 2.27. The number of aromatic nitrogens is 1. The van der Waals surface area contributed by atoms with Crippen molar-refractivity contribution in [2.24, 2.45) is 5.92 Å². The molecule has 3 heteroatoms. The van der Waals surface area contributed by atoms with Gasteiger partial charge in [0.05, 0.1) is 12.3 Å². The average molecular weight is 248 g/mol. The van der Waals surface area contributed by atoms with Crippen molar-refractivity contribution >= 4 is 0 Å². The summed E-state index contributed by atoms with van der Waals surface area (Å²) in [5.41, 5.74) is 2.10. The molecule has 0 radical (unpaired) electrons. The molecule has 1 aliphatic rings. The predicted octanol–water partition coefficient (Wildman–Crippen LogP) is 3.07. The molecular formula is C15H24N2O. The number of nitrogens with one attached hydrogen (secondary N) is 1. The van der Waals surface area contributed by atoms with Gasteiger partial charge in [-0.15, -0.1) is 0 Å². The van der Waals surface area contributed by atoms with E-state index in [9.17, 15) is 0 Å². The number of hydrogen-bond acceptors (Lipinski definition) is 3. The van der Waals surface area contributed by atoms with Gasteiger partial charge in [-0.2, -0.15) is 0 Å². The Bertz CT molecular complexity index is 375. The lowest BCUT2D eigenvalue weighted by Gasteiger charge is -2.25. The van der Waals surface area contributed by atoms with Crippen LogP contribution in [-0.4, -0.2) is 18.1 Å². The van der Waals surface area contributed by atoms with Crippen molar-refractivity contribution in [1.82, 2.24) is 10.3 Å². The van der Waals surface area contributed by atoms with Crippen LogP contribution >= 0.6 is 0 Å². The van der Waals surface area contributed by atoms with Gasteiger partial charge in [-0.1, -0.05) is 13.3 Å². The fourth-order valence-corrected chi connectivity index (χ4v) is 2.11. The zero-order valence-electron chi connectivity index (χ0n) is 11.5. The summed E-state index contributed by atoms with van der Waals surface area (Å²) in [5.74, 6) is 1.72. The molecule has 0 bridgehead atoms. The molecule has 1 heterocycles. The van der Waals surface area contributed by atoms with Crippen LogP contribution in [-0.2, 0) is 6.54 Å². The maximum atomic E-state index is 5.92. The third-order valence-corrected chi connectivity index (χ3v) is 3.49. The van der Waals surface area contributed by atoms with E-state index < -0.39 is 0 Å². The van der Waals surface area contributed by atoms with Gasteiger partial charge < -0.3 is 10.1 Å². The Morgan fingerprint density at radius 2 is 2.22 bits per heavy atom. The Balaban J connectivity index is 1.92. The first-order valence-electron chi connectivity index (χ1n) is 7.09. The maximum absolute atomic E-state index is 5.92. The zero-order valence-corrected chi connectivity index (χ0v) is 11.5. The number of rotatable bonds is 7. The molecule has 0 saturated heterocycles. The fourth-order valence-electron chi connectivity index (χ4n) is 2.11. The third-order valence-electron chi connectivity index (χ3n) is 3.49. The van der Waals surface area contributed by atoms with E-state index in [0.717, 1.165) is 49.2 Å². The lowest BCUT2D eigenvalue weighted by Crippen LogP contribution is -2.21. The second-order valence-corrected chi connectivity index (χ2v) is 5.18. The van der Waals surface area contributed by atoms with Crippen LogP contribution < -0.4 is 10.1 Å². The minimum Gasteiger partial charge on any atom is -0.491 e. The van der Waals surface area contributed by atoms with E-state index in [4.69, 9.17) is 4.74 Å². The van der Waals surface area contributed by atoms with Crippen LogP contribution in [0.4, 0.5) is 0 Å². The number of aryl methyl sites for hydroxylation is 1. The van der Waals surface area contributed by atoms with Crippen molar-refractivity contribution in [1.29, 1.82) is 0 Å². The average Bonchev–Trinajstić information content (AvgIpc) is 2.30. The van der Waals surface area contributed by atoms with Crippen molar-refractivity contribution in [2.45, 2.75) is 46.1 Å². The molecule has 0 aliphatic heterocycles. The minimum atomic E-state index is 0.766. The molecule has 0 amide bonds. The Morgan fingerprint density at radius 1 is 1.39 bits per heavy atom. The van der Waals surface area contributed by atoms with Crippen LogP contribution in [0.2, 0.25) is 0 Å². The van der Waals surface area contributed by atoms with Gasteiger partial charge in [-0.25, -0.2) is 0 Å². The number of nitrogens with zero attached hydrogens (tertiary/aromatic N) is 1. The van der Waals surface area contributed by atoms with E-state index in [0.29, 0.717) is 0 Å². The molecule has 2 rings (SSSR count). The summed E-state index contributed by atoms with van der Waals surface area (Å²) in [6.45, 7) is 6.88. The first-order chi connectivity index (χ1) is 8.79. The molecule has 1 aliphatic carbocycles. The van der Waals surface area contributed by atoms with Crippen molar-refractivity contribution < 1.29 is 4.74 Å². The molecule has 0 unspecified atom stereocenters. The molecule has 1 aromatic rings. The Morgan fingerprint density at radius 3 is 2.89 bits per heavy atom. The second-order valence-electron chi connectivity index (χ2n) is 5.18. The lowest BCUT2D eigenvalue weighted by molar-refractivity contribution is 0.178. The molecular weight excluding hydrogens is 224 g/mol. The van der Waals surface area contributed by atoms with Gasteiger partial charge in [0.15, 0.2) is 0 Å². The molecule has 1 aromatic heterocycles. The molecule has 3 nitrogen and oxygen atoms in total. The van der Waals surface area contributed by atoms with Gasteiger partial charge in [0.2, 0.25) is 0 Å². The van der Waals surface area contributed by atoms with E-state index in [-0.39, 0.29) is 0 Å². The van der Waals surface area contributed by atoms with E-state index in [1.807, 2.05) is 13.0 Å². The van der Waals surface area contributed by atoms with Crippen LogP contribution in [0.3, 0.4) is 0 Å². The van der Waals surface area contributed by atoms with E-state index in [1.54, 1.807) is 0 Å². The zero-order chi connectivity index (χ0) is 12.8. The van der Waals surface area contributed by atoms with Gasteiger partial charge in [0, 0.05) is 12.2 Å². The topological polar surface area (TPSA) is 34.2 Å². The van der Waals surface area contributed by atoms with Crippen LogP contribution in [0, 0.1) is 12.8 Å². The highest BCUT2D eigenvalue weighted by Gasteiger charge is 2.18. The maximum Gasteiger partial charge on any atom is 0.142 e. The van der Waals surface area contributed by atoms with Crippen molar-refractivity contribution in [3.63, 3.8) is 0 Å². The van der Waals surface area contributed by atoms with Gasteiger partial charge in [-0.05, 0) is 50.8 Å². The number of hydrogen-bond donors (Lipinski definition) is 1. The Kier molecular flexibility index (Phi) is 5.00. The number of pyridine rings is 1. The molecule has 0 atom stereocenters. The summed E-state index contributed by atoms with van der Waals surface area (Å²) >= 11 is 0. The molecule has 0 aromatic carbocycles. The molecule has 1 fully saturated rings. The fraction of sp³-hybridized carbons (Fsp3) is 0.667. The summed E-state index contributed by atoms with van der Waals surface area (Å²) in [5, 5.41) is 3.39. The monoisotopic (exact) mass is 248 g/mol. The first kappa shape index (κ1) is 13.3. The summed E-state index contributed by atoms with van der Waals surface area (Å²) < 4.78 is 5.92. The largest absolute Gasteiger partial charge is 0.491 e. The van der Waals surface area contributed by atoms with Crippen LogP contribution in [0.5, 0.6) is 5.75 Å². The molecule has 0 spiro atoms. The normalized spacial score (nSPS) is 15.4. The van der Waals surface area contributed by atoms with Crippen molar-refractivity contribution in [2.75, 3.05) is 13.2 Å². The minimum absolute atomic E-state index is 0.766. The molecule has 18 heavy (non-hydrogen) atoms. The van der Waals surface area contributed by atoms with Gasteiger partial charge in [0.1, 0.15) is 5.75 Å². The first-order valence-corrected chi connectivity index (χ1v) is 7.09. The highest BCUT2D eigenvalue weighted by atomic mass is 16.5. The predicted molar refractivity (Wildman–Crippen MR) is 73.8 cm³/mol. The van der Waals surface area contributed by atoms with Gasteiger partial charge >= 0.3 is 0 Å². The quantitative estimate of drug-likeness (QED) is 0.753. The number of ether oxygens (including phenoxy) is 1.